The van der Waals surface area contributed by atoms with E-state index in [1.165, 1.54) is 26.4 Å². The monoisotopic (exact) mass is 472 g/mol. The maximum Gasteiger partial charge on any atom is 0.259 e. The number of fused-ring (bicyclic) bond motifs is 1. The van der Waals surface area contributed by atoms with Crippen LogP contribution >= 0.6 is 0 Å². The van der Waals surface area contributed by atoms with Crippen LogP contribution < -0.4 is 14.8 Å². The van der Waals surface area contributed by atoms with Crippen LogP contribution in [0.2, 0.25) is 0 Å². The van der Waals surface area contributed by atoms with Crippen LogP contribution in [0.3, 0.4) is 0 Å². The summed E-state index contributed by atoms with van der Waals surface area (Å²) in [7, 11) is 3.18. The van der Waals surface area contributed by atoms with E-state index in [1.807, 2.05) is 0 Å². The number of hydrogen-bond donors (Lipinski definition) is 2. The SMILES string of the molecule is COCCCOc1ccc(-c2cc3c(cc2O)NC(=O)/C3=C(\C)OF)cc1.COc1ccon1. The number of nitrogens with zero attached hydrogens (tertiary/aromatic N) is 1. The summed E-state index contributed by atoms with van der Waals surface area (Å²) in [6.45, 7) is 2.54. The minimum Gasteiger partial charge on any atom is -0.507 e. The Hall–Kier alpha value is -4.05. The van der Waals surface area contributed by atoms with Gasteiger partial charge in [0.2, 0.25) is 0 Å². The Balaban J connectivity index is 0.000000396. The van der Waals surface area contributed by atoms with Gasteiger partial charge in [0.1, 0.15) is 17.8 Å². The molecule has 180 valence electrons. The lowest BCUT2D eigenvalue weighted by Gasteiger charge is -2.10. The first-order valence-electron chi connectivity index (χ1n) is 10.3. The smallest absolute Gasteiger partial charge is 0.259 e. The van der Waals surface area contributed by atoms with Crippen molar-refractivity contribution in [2.75, 3.05) is 32.8 Å². The number of rotatable bonds is 8. The number of hydrogen-bond acceptors (Lipinski definition) is 8. The summed E-state index contributed by atoms with van der Waals surface area (Å²) in [5, 5.41) is 16.4. The third-order valence-corrected chi connectivity index (χ3v) is 4.90. The lowest BCUT2D eigenvalue weighted by molar-refractivity contribution is -0.112. The molecule has 0 saturated heterocycles. The summed E-state index contributed by atoms with van der Waals surface area (Å²) in [6.07, 6.45) is 2.24. The first-order chi connectivity index (χ1) is 16.5. The molecular formula is C24H25FN2O7. The number of carbonyl (C=O) groups is 1. The fourth-order valence-electron chi connectivity index (χ4n) is 3.26. The molecule has 4 rings (SSSR count). The van der Waals surface area contributed by atoms with Crippen molar-refractivity contribution < 1.29 is 38.1 Å². The average molecular weight is 472 g/mol. The van der Waals surface area contributed by atoms with Crippen molar-refractivity contribution in [1.29, 1.82) is 0 Å². The molecule has 2 N–H and O–H groups in total. The van der Waals surface area contributed by atoms with Gasteiger partial charge >= 0.3 is 0 Å². The van der Waals surface area contributed by atoms with Crippen LogP contribution in [0.4, 0.5) is 10.2 Å². The number of aromatic nitrogens is 1. The van der Waals surface area contributed by atoms with E-state index in [0.717, 1.165) is 12.0 Å². The normalized spacial score (nSPS) is 13.4. The summed E-state index contributed by atoms with van der Waals surface area (Å²) in [5.41, 5.74) is 2.23. The molecule has 34 heavy (non-hydrogen) atoms. The fraction of sp³-hybridized carbons (Fsp3) is 0.250. The Morgan fingerprint density at radius 2 is 1.88 bits per heavy atom. The van der Waals surface area contributed by atoms with Gasteiger partial charge in [-0.3, -0.25) is 9.74 Å². The topological polar surface area (TPSA) is 112 Å². The molecule has 3 aromatic rings. The molecule has 0 fully saturated rings. The van der Waals surface area contributed by atoms with E-state index in [-0.39, 0.29) is 17.1 Å². The number of allylic oxidation sites excluding steroid dienone is 1. The molecule has 0 unspecified atom stereocenters. The highest BCUT2D eigenvalue weighted by Crippen LogP contribution is 2.42. The zero-order valence-corrected chi connectivity index (χ0v) is 19.0. The molecule has 9 nitrogen and oxygen atoms in total. The number of carbonyl (C=O) groups excluding carboxylic acids is 1. The molecule has 10 heteroatoms. The van der Waals surface area contributed by atoms with Crippen LogP contribution in [0.5, 0.6) is 17.4 Å². The first-order valence-corrected chi connectivity index (χ1v) is 10.3. The van der Waals surface area contributed by atoms with Gasteiger partial charge in [-0.25, -0.2) is 0 Å². The van der Waals surface area contributed by atoms with Gasteiger partial charge in [-0.05, 0) is 35.8 Å². The van der Waals surface area contributed by atoms with E-state index in [4.69, 9.17) is 9.47 Å². The van der Waals surface area contributed by atoms with E-state index < -0.39 is 5.91 Å². The van der Waals surface area contributed by atoms with Crippen molar-refractivity contribution in [2.24, 2.45) is 0 Å². The molecule has 1 aliphatic heterocycles. The van der Waals surface area contributed by atoms with Gasteiger partial charge < -0.3 is 29.2 Å². The summed E-state index contributed by atoms with van der Waals surface area (Å²) < 4.78 is 32.3. The van der Waals surface area contributed by atoms with Crippen LogP contribution in [0.1, 0.15) is 18.9 Å². The second-order valence-corrected chi connectivity index (χ2v) is 7.14. The predicted octanol–water partition coefficient (Wildman–Crippen LogP) is 4.74. The lowest BCUT2D eigenvalue weighted by atomic mass is 9.98. The summed E-state index contributed by atoms with van der Waals surface area (Å²) in [4.78, 5) is 15.8. The van der Waals surface area contributed by atoms with Crippen LogP contribution in [0.25, 0.3) is 16.7 Å². The molecule has 1 amide bonds. The Kier molecular flexibility index (Phi) is 8.47. The second-order valence-electron chi connectivity index (χ2n) is 7.14. The number of anilines is 1. The Morgan fingerprint density at radius 1 is 1.12 bits per heavy atom. The second kappa shape index (κ2) is 11.7. The maximum atomic E-state index is 12.6. The number of ether oxygens (including phenoxy) is 3. The van der Waals surface area contributed by atoms with E-state index in [1.54, 1.807) is 43.5 Å². The molecule has 0 atom stereocenters. The lowest BCUT2D eigenvalue weighted by Crippen LogP contribution is -2.05. The van der Waals surface area contributed by atoms with Crippen molar-refractivity contribution in [2.45, 2.75) is 13.3 Å². The van der Waals surface area contributed by atoms with Crippen LogP contribution in [0.15, 0.2) is 59.0 Å². The minimum atomic E-state index is -0.475. The standard InChI is InChI=1S/C20H20FNO5.C4H5NO2/c1-12(27-21)19-16-10-15(18(23)11-17(16)22-20(19)24)13-4-6-14(7-5-13)26-9-3-8-25-2;1-6-4-2-3-7-5-4/h4-7,10-11,23H,3,8-9H2,1-2H3,(H,22,24);2-3H,1H3/b19-12+;. The third-order valence-electron chi connectivity index (χ3n) is 4.90. The van der Waals surface area contributed by atoms with Gasteiger partial charge in [0.25, 0.3) is 11.8 Å². The van der Waals surface area contributed by atoms with Gasteiger partial charge in [0.15, 0.2) is 5.76 Å². The molecule has 2 heterocycles. The number of nitrogens with one attached hydrogen (secondary N) is 1. The van der Waals surface area contributed by atoms with Crippen LogP contribution in [0, 0.1) is 0 Å². The molecule has 0 radical (unpaired) electrons. The van der Waals surface area contributed by atoms with Gasteiger partial charge in [0.05, 0.1) is 25.0 Å². The van der Waals surface area contributed by atoms with Crippen molar-refractivity contribution in [1.82, 2.24) is 5.16 Å². The third kappa shape index (κ3) is 5.84. The Labute approximate surface area is 195 Å². The van der Waals surface area contributed by atoms with E-state index >= 15 is 0 Å². The van der Waals surface area contributed by atoms with Crippen LogP contribution in [-0.4, -0.2) is 43.6 Å². The van der Waals surface area contributed by atoms with Crippen molar-refractivity contribution in [3.05, 3.63) is 60.1 Å². The Morgan fingerprint density at radius 3 is 2.47 bits per heavy atom. The molecule has 0 aliphatic carbocycles. The molecule has 0 saturated carbocycles. The molecule has 1 aliphatic rings. The van der Waals surface area contributed by atoms with Gasteiger partial charge in [0, 0.05) is 47.9 Å². The zero-order valence-electron chi connectivity index (χ0n) is 19.0. The van der Waals surface area contributed by atoms with E-state index in [2.05, 4.69) is 24.7 Å². The summed E-state index contributed by atoms with van der Waals surface area (Å²) in [5.74, 6) is 0.608. The molecule has 2 aromatic carbocycles. The van der Waals surface area contributed by atoms with Crippen molar-refractivity contribution in [3.8, 4) is 28.5 Å². The van der Waals surface area contributed by atoms with E-state index in [9.17, 15) is 14.4 Å². The molecule has 0 bridgehead atoms. The van der Waals surface area contributed by atoms with Gasteiger partial charge in [-0.2, -0.15) is 0 Å². The summed E-state index contributed by atoms with van der Waals surface area (Å²) in [6, 6.07) is 11.9. The quantitative estimate of drug-likeness (QED) is 0.275. The largest absolute Gasteiger partial charge is 0.507 e. The van der Waals surface area contributed by atoms with Crippen LogP contribution in [-0.2, 0) is 14.5 Å². The van der Waals surface area contributed by atoms with Gasteiger partial charge in [-0.15, -0.1) is 0 Å². The molecule has 1 aromatic heterocycles. The highest BCUT2D eigenvalue weighted by molar-refractivity contribution is 6.32. The fourth-order valence-corrected chi connectivity index (χ4v) is 3.26. The number of amides is 1. The summed E-state index contributed by atoms with van der Waals surface area (Å²) >= 11 is 0. The highest BCUT2D eigenvalue weighted by atomic mass is 19.3. The highest BCUT2D eigenvalue weighted by Gasteiger charge is 2.29. The number of methoxy groups -OCH3 is 2. The Bertz CT molecular complexity index is 1130. The predicted molar refractivity (Wildman–Crippen MR) is 122 cm³/mol. The number of benzene rings is 2. The van der Waals surface area contributed by atoms with Crippen molar-refractivity contribution >= 4 is 17.2 Å². The van der Waals surface area contributed by atoms with Crippen molar-refractivity contribution in [3.63, 3.8) is 0 Å². The number of phenols is 1. The maximum absolute atomic E-state index is 12.6. The van der Waals surface area contributed by atoms with E-state index in [0.29, 0.717) is 41.7 Å². The molecular weight excluding hydrogens is 447 g/mol. The number of halogens is 1. The van der Waals surface area contributed by atoms with Gasteiger partial charge in [-0.1, -0.05) is 12.1 Å². The molecule has 0 spiro atoms. The average Bonchev–Trinajstić information content (AvgIpc) is 3.48. The first kappa shape index (κ1) is 24.6. The number of aromatic hydroxyl groups is 1. The minimum absolute atomic E-state index is 0.00267. The zero-order chi connectivity index (χ0) is 24.5. The number of phenolic OH excluding ortho intramolecular Hbond substituents is 1.